The number of hydrogen-bond donors (Lipinski definition) is 0. The van der Waals surface area contributed by atoms with Crippen molar-refractivity contribution in [3.05, 3.63) is 115 Å². The quantitative estimate of drug-likeness (QED) is 0.439. The van der Waals surface area contributed by atoms with Crippen LogP contribution in [-0.2, 0) is 4.74 Å². The van der Waals surface area contributed by atoms with Gasteiger partial charge in [0.25, 0.3) is 0 Å². The molecule has 0 amide bonds. The van der Waals surface area contributed by atoms with Crippen molar-refractivity contribution in [2.75, 3.05) is 13.7 Å². The van der Waals surface area contributed by atoms with E-state index in [0.29, 0.717) is 6.61 Å². The van der Waals surface area contributed by atoms with Gasteiger partial charge in [0.1, 0.15) is 28.5 Å². The van der Waals surface area contributed by atoms with E-state index in [1.54, 1.807) is 7.11 Å². The highest BCUT2D eigenvalue weighted by Crippen LogP contribution is 2.62. The van der Waals surface area contributed by atoms with Crippen LogP contribution in [0.25, 0.3) is 0 Å². The molecule has 0 heterocycles. The van der Waals surface area contributed by atoms with E-state index in [-0.39, 0.29) is 0 Å². The molecule has 26 heavy (non-hydrogen) atoms. The van der Waals surface area contributed by atoms with Crippen molar-refractivity contribution in [2.24, 2.45) is 0 Å². The average Bonchev–Trinajstić information content (AvgIpc) is 2.71. The fourth-order valence-corrected chi connectivity index (χ4v) is 7.37. The molecule has 0 bridgehead atoms. The second kappa shape index (κ2) is 8.76. The third-order valence-corrected chi connectivity index (χ3v) is 8.66. The molecule has 0 N–H and O–H groups in total. The van der Waals surface area contributed by atoms with E-state index in [2.05, 4.69) is 104 Å². The first kappa shape index (κ1) is 18.3. The first-order valence-corrected chi connectivity index (χ1v) is 10.5. The molecule has 1 nitrogen and oxygen atoms in total. The van der Waals surface area contributed by atoms with E-state index in [9.17, 15) is 0 Å². The number of benzene rings is 3. The Hall–Kier alpha value is -2.47. The van der Waals surface area contributed by atoms with Crippen LogP contribution < -0.4 is 15.9 Å². The summed E-state index contributed by atoms with van der Waals surface area (Å²) in [4.78, 5) is 0. The molecule has 0 spiro atoms. The van der Waals surface area contributed by atoms with Crippen LogP contribution in [0.5, 0.6) is 0 Å². The van der Waals surface area contributed by atoms with Gasteiger partial charge in [-0.3, -0.25) is 0 Å². The summed E-state index contributed by atoms with van der Waals surface area (Å²) in [6.07, 6.45) is 4.18. The molecule has 0 aliphatic carbocycles. The molecular formula is C24H24OP+. The van der Waals surface area contributed by atoms with Crippen LogP contribution in [0.2, 0.25) is 0 Å². The van der Waals surface area contributed by atoms with Gasteiger partial charge in [-0.2, -0.15) is 0 Å². The third-order valence-electron chi connectivity index (χ3n) is 4.43. The van der Waals surface area contributed by atoms with Crippen molar-refractivity contribution >= 4 is 23.2 Å². The summed E-state index contributed by atoms with van der Waals surface area (Å²) in [5, 5.41) is 5.05. The van der Waals surface area contributed by atoms with Gasteiger partial charge < -0.3 is 4.74 Å². The first-order valence-electron chi connectivity index (χ1n) is 8.71. The molecule has 0 aromatic heterocycles. The standard InChI is InChI=1S/C24H24OP/c1-21(13-12-20-25-2)26(22-14-6-3-7-15-22,23-16-8-4-9-17-23)24-18-10-5-11-19-24/h3-19H,1,20H2,2H3/q+1/b13-12+. The molecule has 3 aromatic rings. The zero-order valence-corrected chi connectivity index (χ0v) is 16.0. The van der Waals surface area contributed by atoms with Crippen molar-refractivity contribution in [1.29, 1.82) is 0 Å². The highest BCUT2D eigenvalue weighted by atomic mass is 31.2. The van der Waals surface area contributed by atoms with Crippen LogP contribution in [0.4, 0.5) is 0 Å². The maximum Gasteiger partial charge on any atom is 0.143 e. The van der Waals surface area contributed by atoms with Crippen molar-refractivity contribution in [2.45, 2.75) is 0 Å². The highest BCUT2D eigenvalue weighted by Gasteiger charge is 2.47. The molecular weight excluding hydrogens is 335 g/mol. The van der Waals surface area contributed by atoms with Crippen LogP contribution in [0.15, 0.2) is 115 Å². The lowest BCUT2D eigenvalue weighted by molar-refractivity contribution is 0.234. The molecule has 2 heteroatoms. The Morgan fingerprint density at radius 1 is 0.769 bits per heavy atom. The minimum absolute atomic E-state index is 0.581. The zero-order chi connectivity index (χ0) is 18.2. The number of rotatable bonds is 7. The van der Waals surface area contributed by atoms with Gasteiger partial charge in [-0.25, -0.2) is 0 Å². The molecule has 0 fully saturated rings. The molecule has 0 unspecified atom stereocenters. The maximum absolute atomic E-state index is 5.21. The lowest BCUT2D eigenvalue weighted by Gasteiger charge is -2.27. The molecule has 130 valence electrons. The van der Waals surface area contributed by atoms with Crippen LogP contribution in [0, 0.1) is 0 Å². The molecule has 0 saturated carbocycles. The van der Waals surface area contributed by atoms with Crippen LogP contribution in [0.1, 0.15) is 0 Å². The summed E-state index contributed by atoms with van der Waals surface area (Å²) in [5.74, 6) is 0. The highest BCUT2D eigenvalue weighted by molar-refractivity contribution is 7.99. The Kier molecular flexibility index (Phi) is 6.17. The second-order valence-electron chi connectivity index (χ2n) is 6.03. The van der Waals surface area contributed by atoms with Gasteiger partial charge in [-0.05, 0) is 42.5 Å². The summed E-state index contributed by atoms with van der Waals surface area (Å²) >= 11 is 0. The summed E-state index contributed by atoms with van der Waals surface area (Å²) < 4.78 is 5.21. The van der Waals surface area contributed by atoms with Crippen molar-refractivity contribution < 1.29 is 4.74 Å². The van der Waals surface area contributed by atoms with E-state index in [4.69, 9.17) is 4.74 Å². The third kappa shape index (κ3) is 3.55. The molecule has 0 saturated heterocycles. The molecule has 0 atom stereocenters. The minimum Gasteiger partial charge on any atom is -0.381 e. The molecule has 3 aromatic carbocycles. The number of hydrogen-bond acceptors (Lipinski definition) is 1. The Morgan fingerprint density at radius 3 is 1.50 bits per heavy atom. The second-order valence-corrected chi connectivity index (χ2v) is 9.49. The Bertz CT molecular complexity index is 758. The average molecular weight is 359 g/mol. The Balaban J connectivity index is 2.30. The van der Waals surface area contributed by atoms with Crippen molar-refractivity contribution in [3.8, 4) is 0 Å². The number of methoxy groups -OCH3 is 1. The van der Waals surface area contributed by atoms with Gasteiger partial charge in [0, 0.05) is 7.11 Å². The lowest BCUT2D eigenvalue weighted by Crippen LogP contribution is -2.31. The summed E-state index contributed by atoms with van der Waals surface area (Å²) in [5.41, 5.74) is 0. The SMILES string of the molecule is C=C(/C=C/COC)[P+](c1ccccc1)(c1ccccc1)c1ccccc1. The van der Waals surface area contributed by atoms with E-state index in [1.165, 1.54) is 15.9 Å². The predicted octanol–water partition coefficient (Wildman–Crippen LogP) is 4.70. The molecule has 0 aliphatic heterocycles. The molecule has 3 rings (SSSR count). The fraction of sp³-hybridized carbons (Fsp3) is 0.0833. The van der Waals surface area contributed by atoms with Gasteiger partial charge in [-0.1, -0.05) is 67.3 Å². The monoisotopic (exact) mass is 359 g/mol. The van der Waals surface area contributed by atoms with Crippen molar-refractivity contribution in [3.63, 3.8) is 0 Å². The van der Waals surface area contributed by atoms with E-state index >= 15 is 0 Å². The maximum atomic E-state index is 5.21. The van der Waals surface area contributed by atoms with Gasteiger partial charge >= 0.3 is 0 Å². The van der Waals surface area contributed by atoms with Gasteiger partial charge in [0.05, 0.1) is 6.61 Å². The van der Waals surface area contributed by atoms with Crippen molar-refractivity contribution in [1.82, 2.24) is 0 Å². The summed E-state index contributed by atoms with van der Waals surface area (Å²) in [6.45, 7) is 5.12. The van der Waals surface area contributed by atoms with Crippen LogP contribution in [0.3, 0.4) is 0 Å². The molecule has 0 radical (unpaired) electrons. The van der Waals surface area contributed by atoms with E-state index in [1.807, 2.05) is 6.08 Å². The predicted molar refractivity (Wildman–Crippen MR) is 115 cm³/mol. The normalized spacial score (nSPS) is 11.6. The van der Waals surface area contributed by atoms with Gasteiger partial charge in [0.2, 0.25) is 0 Å². The van der Waals surface area contributed by atoms with Crippen LogP contribution >= 0.6 is 7.26 Å². The number of allylic oxidation sites excluding steroid dienone is 2. The fourth-order valence-electron chi connectivity index (χ4n) is 3.29. The summed E-state index contributed by atoms with van der Waals surface area (Å²) in [7, 11) is -0.312. The topological polar surface area (TPSA) is 9.23 Å². The smallest absolute Gasteiger partial charge is 0.143 e. The van der Waals surface area contributed by atoms with Gasteiger partial charge in [0.15, 0.2) is 0 Å². The summed E-state index contributed by atoms with van der Waals surface area (Å²) in [6, 6.07) is 32.2. The first-order chi connectivity index (χ1) is 12.8. The van der Waals surface area contributed by atoms with E-state index in [0.717, 1.165) is 5.31 Å². The zero-order valence-electron chi connectivity index (χ0n) is 15.1. The minimum atomic E-state index is -2.02. The van der Waals surface area contributed by atoms with Gasteiger partial charge in [-0.15, -0.1) is 0 Å². The number of ether oxygens (including phenoxy) is 1. The van der Waals surface area contributed by atoms with Crippen LogP contribution in [-0.4, -0.2) is 13.7 Å². The largest absolute Gasteiger partial charge is 0.381 e. The Labute approximate surface area is 157 Å². The Morgan fingerprint density at radius 2 is 1.15 bits per heavy atom. The van der Waals surface area contributed by atoms with E-state index < -0.39 is 7.26 Å². The lowest BCUT2D eigenvalue weighted by atomic mass is 10.3. The molecule has 0 aliphatic rings.